The molecule has 0 aromatic carbocycles. The van der Waals surface area contributed by atoms with Gasteiger partial charge in [-0.25, -0.2) is 0 Å². The van der Waals surface area contributed by atoms with Gasteiger partial charge in [0.2, 0.25) is 0 Å². The van der Waals surface area contributed by atoms with Gasteiger partial charge in [-0.1, -0.05) is 12.2 Å². The lowest BCUT2D eigenvalue weighted by atomic mass is 10.1. The molecule has 1 saturated heterocycles. The van der Waals surface area contributed by atoms with Crippen molar-refractivity contribution >= 4 is 22.9 Å². The second-order valence-corrected chi connectivity index (χ2v) is 4.65. The average molecular weight is 251 g/mol. The highest BCUT2D eigenvalue weighted by Gasteiger charge is 2.19. The Morgan fingerprint density at radius 1 is 1.59 bits per heavy atom. The number of aromatic nitrogens is 1. The van der Waals surface area contributed by atoms with E-state index in [9.17, 15) is 0 Å². The first kappa shape index (κ1) is 12.3. The maximum Gasteiger partial charge on any atom is 0.122 e. The Labute approximate surface area is 107 Å². The van der Waals surface area contributed by atoms with Crippen molar-refractivity contribution < 1.29 is 4.74 Å². The number of methoxy groups -OCH3 is 1. The van der Waals surface area contributed by atoms with Crippen LogP contribution in [0, 0.1) is 0 Å². The minimum absolute atomic E-state index is 0.319. The molecule has 2 N–H and O–H groups in total. The number of anilines is 1. The Balaban J connectivity index is 2.08. The lowest BCUT2D eigenvalue weighted by Crippen LogP contribution is -2.39. The summed E-state index contributed by atoms with van der Waals surface area (Å²) in [5, 5.41) is 0. The number of nitrogens with two attached hydrogens (primary N) is 1. The predicted octanol–water partition coefficient (Wildman–Crippen LogP) is 1.33. The molecule has 2 heterocycles. The third-order valence-corrected chi connectivity index (χ3v) is 3.29. The van der Waals surface area contributed by atoms with Crippen molar-refractivity contribution in [3.05, 3.63) is 24.0 Å². The monoisotopic (exact) mass is 251 g/mol. The normalized spacial score (nSPS) is 20.3. The summed E-state index contributed by atoms with van der Waals surface area (Å²) in [6.07, 6.45) is 4.42. The van der Waals surface area contributed by atoms with Gasteiger partial charge in [-0.2, -0.15) is 0 Å². The molecule has 1 aliphatic heterocycles. The number of piperidine rings is 1. The lowest BCUT2D eigenvalue weighted by molar-refractivity contribution is 0.0893. The van der Waals surface area contributed by atoms with Crippen LogP contribution in [0.25, 0.3) is 0 Å². The Bertz CT molecular complexity index is 393. The van der Waals surface area contributed by atoms with Crippen LogP contribution in [0.3, 0.4) is 0 Å². The van der Waals surface area contributed by atoms with Crippen LogP contribution in [0.1, 0.15) is 18.5 Å². The van der Waals surface area contributed by atoms with Gasteiger partial charge in [0.25, 0.3) is 0 Å². The van der Waals surface area contributed by atoms with Crippen molar-refractivity contribution in [2.45, 2.75) is 18.9 Å². The minimum Gasteiger partial charge on any atom is -0.388 e. The van der Waals surface area contributed by atoms with Gasteiger partial charge < -0.3 is 15.4 Å². The number of ether oxygens (including phenoxy) is 1. The first-order chi connectivity index (χ1) is 8.20. The summed E-state index contributed by atoms with van der Waals surface area (Å²) >= 11 is 4.88. The summed E-state index contributed by atoms with van der Waals surface area (Å²) in [7, 11) is 1.77. The quantitative estimate of drug-likeness (QED) is 0.821. The number of rotatable bonds is 3. The first-order valence-electron chi connectivity index (χ1n) is 5.74. The Hall–Kier alpha value is -1.20. The third kappa shape index (κ3) is 2.92. The topological polar surface area (TPSA) is 51.4 Å². The van der Waals surface area contributed by atoms with Gasteiger partial charge in [0.15, 0.2) is 0 Å². The molecule has 92 valence electrons. The van der Waals surface area contributed by atoms with Crippen LogP contribution in [0.15, 0.2) is 18.3 Å². The van der Waals surface area contributed by atoms with Crippen molar-refractivity contribution in [1.29, 1.82) is 0 Å². The van der Waals surface area contributed by atoms with Gasteiger partial charge in [-0.15, -0.1) is 0 Å². The maximum absolute atomic E-state index is 5.52. The molecule has 2 rings (SSSR count). The zero-order valence-corrected chi connectivity index (χ0v) is 10.7. The molecule has 0 bridgehead atoms. The fourth-order valence-corrected chi connectivity index (χ4v) is 2.20. The van der Waals surface area contributed by atoms with Crippen LogP contribution < -0.4 is 10.6 Å². The SMILES string of the molecule is COC1CCCN(c2ccc(C(N)=S)nc2)C1. The number of nitrogens with zero attached hydrogens (tertiary/aromatic N) is 2. The number of thiocarbonyl (C=S) groups is 1. The molecule has 1 unspecified atom stereocenters. The van der Waals surface area contributed by atoms with E-state index >= 15 is 0 Å². The van der Waals surface area contributed by atoms with E-state index in [0.717, 1.165) is 31.6 Å². The maximum atomic E-state index is 5.52. The first-order valence-corrected chi connectivity index (χ1v) is 6.15. The smallest absolute Gasteiger partial charge is 0.122 e. The van der Waals surface area contributed by atoms with Crippen LogP contribution in [0.5, 0.6) is 0 Å². The second-order valence-electron chi connectivity index (χ2n) is 4.21. The van der Waals surface area contributed by atoms with Gasteiger partial charge in [-0.05, 0) is 25.0 Å². The van der Waals surface area contributed by atoms with E-state index < -0.39 is 0 Å². The molecule has 0 saturated carbocycles. The van der Waals surface area contributed by atoms with E-state index in [1.54, 1.807) is 7.11 Å². The molecule has 1 atom stereocenters. The summed E-state index contributed by atoms with van der Waals surface area (Å²) < 4.78 is 5.40. The Morgan fingerprint density at radius 2 is 2.41 bits per heavy atom. The van der Waals surface area contributed by atoms with Crippen molar-refractivity contribution in [2.24, 2.45) is 5.73 Å². The molecule has 17 heavy (non-hydrogen) atoms. The fourth-order valence-electron chi connectivity index (χ4n) is 2.08. The zero-order valence-electron chi connectivity index (χ0n) is 9.93. The van der Waals surface area contributed by atoms with Gasteiger partial charge in [0.05, 0.1) is 23.7 Å². The van der Waals surface area contributed by atoms with Gasteiger partial charge in [0.1, 0.15) is 4.99 Å². The summed E-state index contributed by atoms with van der Waals surface area (Å²) in [6, 6.07) is 3.88. The van der Waals surface area contributed by atoms with E-state index in [1.807, 2.05) is 18.3 Å². The van der Waals surface area contributed by atoms with Gasteiger partial charge in [0, 0.05) is 20.2 Å². The summed E-state index contributed by atoms with van der Waals surface area (Å²) in [5.41, 5.74) is 7.30. The van der Waals surface area contributed by atoms with E-state index in [1.165, 1.54) is 0 Å². The van der Waals surface area contributed by atoms with E-state index in [-0.39, 0.29) is 0 Å². The molecule has 0 radical (unpaired) electrons. The Morgan fingerprint density at radius 3 is 3.00 bits per heavy atom. The van der Waals surface area contributed by atoms with Gasteiger partial charge in [-0.3, -0.25) is 4.98 Å². The molecule has 5 heteroatoms. The fraction of sp³-hybridized carbons (Fsp3) is 0.500. The summed E-state index contributed by atoms with van der Waals surface area (Å²) in [4.78, 5) is 6.88. The second kappa shape index (κ2) is 5.42. The van der Waals surface area contributed by atoms with Crippen molar-refractivity contribution in [3.63, 3.8) is 0 Å². The Kier molecular flexibility index (Phi) is 3.91. The van der Waals surface area contributed by atoms with E-state index in [2.05, 4.69) is 9.88 Å². The van der Waals surface area contributed by atoms with Crippen molar-refractivity contribution in [1.82, 2.24) is 4.98 Å². The number of hydrogen-bond donors (Lipinski definition) is 1. The highest BCUT2D eigenvalue weighted by molar-refractivity contribution is 7.80. The average Bonchev–Trinajstić information content (AvgIpc) is 2.39. The molecular weight excluding hydrogens is 234 g/mol. The van der Waals surface area contributed by atoms with Crippen LogP contribution in [-0.4, -0.2) is 36.3 Å². The molecule has 1 aromatic rings. The lowest BCUT2D eigenvalue weighted by Gasteiger charge is -2.33. The van der Waals surface area contributed by atoms with Crippen LogP contribution >= 0.6 is 12.2 Å². The minimum atomic E-state index is 0.319. The standard InChI is InChI=1S/C12H17N3OS/c1-16-10-3-2-6-15(8-10)9-4-5-11(12(13)17)14-7-9/h4-5,7,10H,2-3,6,8H2,1H3,(H2,13,17). The molecule has 1 aromatic heterocycles. The molecule has 1 fully saturated rings. The van der Waals surface area contributed by atoms with Crippen molar-refractivity contribution in [2.75, 3.05) is 25.1 Å². The van der Waals surface area contributed by atoms with Crippen LogP contribution in [-0.2, 0) is 4.74 Å². The van der Waals surface area contributed by atoms with E-state index in [0.29, 0.717) is 16.8 Å². The highest BCUT2D eigenvalue weighted by Crippen LogP contribution is 2.20. The molecule has 1 aliphatic rings. The molecule has 4 nitrogen and oxygen atoms in total. The molecule has 0 spiro atoms. The summed E-state index contributed by atoms with van der Waals surface area (Å²) in [6.45, 7) is 1.97. The zero-order chi connectivity index (χ0) is 12.3. The predicted molar refractivity (Wildman–Crippen MR) is 72.4 cm³/mol. The number of pyridine rings is 1. The molecular formula is C12H17N3OS. The third-order valence-electron chi connectivity index (χ3n) is 3.08. The van der Waals surface area contributed by atoms with Crippen molar-refractivity contribution in [3.8, 4) is 0 Å². The summed E-state index contributed by atoms with van der Waals surface area (Å²) in [5.74, 6) is 0. The molecule has 0 amide bonds. The van der Waals surface area contributed by atoms with E-state index in [4.69, 9.17) is 22.7 Å². The van der Waals surface area contributed by atoms with Crippen LogP contribution in [0.2, 0.25) is 0 Å². The van der Waals surface area contributed by atoms with Gasteiger partial charge >= 0.3 is 0 Å². The number of hydrogen-bond acceptors (Lipinski definition) is 4. The molecule has 0 aliphatic carbocycles. The highest BCUT2D eigenvalue weighted by atomic mass is 32.1. The van der Waals surface area contributed by atoms with Crippen LogP contribution in [0.4, 0.5) is 5.69 Å². The largest absolute Gasteiger partial charge is 0.388 e.